The SMILES string of the molecule is CC1(CN)CCN(c2cnc(C(=N)c3cc(Cl)cc(Cl)c3)c(N)n2)CC1. The van der Waals surface area contributed by atoms with E-state index >= 15 is 0 Å². The number of nitrogens with one attached hydrogen (secondary N) is 1. The molecular formula is C18H22Cl2N6. The van der Waals surface area contributed by atoms with Gasteiger partial charge in [0.25, 0.3) is 0 Å². The highest BCUT2D eigenvalue weighted by atomic mass is 35.5. The molecule has 1 saturated heterocycles. The smallest absolute Gasteiger partial charge is 0.154 e. The summed E-state index contributed by atoms with van der Waals surface area (Å²) in [4.78, 5) is 11.0. The molecule has 0 aliphatic carbocycles. The van der Waals surface area contributed by atoms with Crippen LogP contribution in [0.3, 0.4) is 0 Å². The number of nitrogens with two attached hydrogens (primary N) is 2. The van der Waals surface area contributed by atoms with E-state index in [0.717, 1.165) is 31.7 Å². The normalized spacial score (nSPS) is 16.5. The van der Waals surface area contributed by atoms with Crippen molar-refractivity contribution in [3.63, 3.8) is 0 Å². The molecule has 1 aromatic carbocycles. The van der Waals surface area contributed by atoms with Crippen molar-refractivity contribution < 1.29 is 0 Å². The number of benzene rings is 1. The topological polar surface area (TPSA) is 105 Å². The van der Waals surface area contributed by atoms with Crippen molar-refractivity contribution in [2.75, 3.05) is 30.3 Å². The zero-order valence-electron chi connectivity index (χ0n) is 14.6. The van der Waals surface area contributed by atoms with Crippen molar-refractivity contribution in [3.05, 3.63) is 45.7 Å². The minimum absolute atomic E-state index is 0.139. The summed E-state index contributed by atoms with van der Waals surface area (Å²) in [6.45, 7) is 4.63. The maximum atomic E-state index is 8.37. The number of rotatable bonds is 4. The summed E-state index contributed by atoms with van der Waals surface area (Å²) in [5.41, 5.74) is 13.1. The molecule has 0 bridgehead atoms. The highest BCUT2D eigenvalue weighted by molar-refractivity contribution is 6.35. The number of aromatic nitrogens is 2. The van der Waals surface area contributed by atoms with Gasteiger partial charge < -0.3 is 16.4 Å². The molecule has 1 fully saturated rings. The second-order valence-electron chi connectivity index (χ2n) is 7.00. The van der Waals surface area contributed by atoms with Crippen molar-refractivity contribution in [1.82, 2.24) is 9.97 Å². The van der Waals surface area contributed by atoms with Crippen LogP contribution in [-0.2, 0) is 0 Å². The van der Waals surface area contributed by atoms with Crippen LogP contribution in [0.5, 0.6) is 0 Å². The molecule has 5 N–H and O–H groups in total. The minimum Gasteiger partial charge on any atom is -0.382 e. The zero-order valence-corrected chi connectivity index (χ0v) is 16.1. The van der Waals surface area contributed by atoms with Crippen molar-refractivity contribution in [2.45, 2.75) is 19.8 Å². The number of nitrogen functional groups attached to an aromatic ring is 1. The van der Waals surface area contributed by atoms with Gasteiger partial charge in [-0.25, -0.2) is 9.97 Å². The van der Waals surface area contributed by atoms with Gasteiger partial charge >= 0.3 is 0 Å². The highest BCUT2D eigenvalue weighted by Gasteiger charge is 2.29. The zero-order chi connectivity index (χ0) is 18.9. The van der Waals surface area contributed by atoms with E-state index in [1.165, 1.54) is 0 Å². The van der Waals surface area contributed by atoms with Crippen molar-refractivity contribution in [1.29, 1.82) is 5.41 Å². The van der Waals surface area contributed by atoms with Gasteiger partial charge in [0, 0.05) is 28.7 Å². The molecule has 2 aromatic rings. The molecule has 1 aliphatic rings. The summed E-state index contributed by atoms with van der Waals surface area (Å²) in [7, 11) is 0. The quantitative estimate of drug-likeness (QED) is 0.691. The predicted octanol–water partition coefficient (Wildman–Crippen LogP) is 3.35. The van der Waals surface area contributed by atoms with E-state index in [1.807, 2.05) is 0 Å². The molecule has 2 heterocycles. The van der Waals surface area contributed by atoms with Crippen LogP contribution in [0.2, 0.25) is 10.0 Å². The lowest BCUT2D eigenvalue weighted by molar-refractivity contribution is 0.258. The molecule has 26 heavy (non-hydrogen) atoms. The first-order valence-electron chi connectivity index (χ1n) is 8.44. The summed E-state index contributed by atoms with van der Waals surface area (Å²) in [6, 6.07) is 4.93. The number of anilines is 2. The van der Waals surface area contributed by atoms with Crippen molar-refractivity contribution in [3.8, 4) is 0 Å². The third kappa shape index (κ3) is 3.92. The average molecular weight is 393 g/mol. The van der Waals surface area contributed by atoms with Gasteiger partial charge in [-0.05, 0) is 43.0 Å². The lowest BCUT2D eigenvalue weighted by Crippen LogP contribution is -2.42. The standard InChI is InChI=1S/C18H22Cl2N6/c1-18(10-21)2-4-26(5-3-18)14-9-24-16(17(23)25-14)15(22)11-6-12(19)8-13(20)7-11/h6-9,22H,2-5,10,21H2,1H3,(H2,23,25). The van der Waals surface area contributed by atoms with Crippen molar-refractivity contribution in [2.24, 2.45) is 11.1 Å². The summed E-state index contributed by atoms with van der Waals surface area (Å²) in [5, 5.41) is 9.28. The van der Waals surface area contributed by atoms with Crippen molar-refractivity contribution >= 4 is 40.5 Å². The van der Waals surface area contributed by atoms with Gasteiger partial charge in [-0.3, -0.25) is 5.41 Å². The highest BCUT2D eigenvalue weighted by Crippen LogP contribution is 2.31. The van der Waals surface area contributed by atoms with Gasteiger partial charge in [0.1, 0.15) is 11.5 Å². The van der Waals surface area contributed by atoms with E-state index < -0.39 is 0 Å². The lowest BCUT2D eigenvalue weighted by atomic mass is 9.80. The maximum Gasteiger partial charge on any atom is 0.154 e. The third-order valence-corrected chi connectivity index (χ3v) is 5.40. The fraction of sp³-hybridized carbons (Fsp3) is 0.389. The Morgan fingerprint density at radius 3 is 2.38 bits per heavy atom. The van der Waals surface area contributed by atoms with Crippen LogP contribution in [0, 0.1) is 10.8 Å². The van der Waals surface area contributed by atoms with Crippen LogP contribution in [0.25, 0.3) is 0 Å². The maximum absolute atomic E-state index is 8.37. The summed E-state index contributed by atoms with van der Waals surface area (Å²) >= 11 is 12.0. The van der Waals surface area contributed by atoms with Gasteiger partial charge in [0.15, 0.2) is 5.82 Å². The number of nitrogens with zero attached hydrogens (tertiary/aromatic N) is 3. The van der Waals surface area contributed by atoms with E-state index in [1.54, 1.807) is 24.4 Å². The predicted molar refractivity (Wildman–Crippen MR) is 107 cm³/mol. The Bertz CT molecular complexity index is 810. The van der Waals surface area contributed by atoms with Gasteiger partial charge in [-0.15, -0.1) is 0 Å². The van der Waals surface area contributed by atoms with Gasteiger partial charge in [0.2, 0.25) is 0 Å². The lowest BCUT2D eigenvalue weighted by Gasteiger charge is -2.39. The summed E-state index contributed by atoms with van der Waals surface area (Å²) in [5.74, 6) is 0.943. The Morgan fingerprint density at radius 1 is 1.23 bits per heavy atom. The molecule has 0 atom stereocenters. The second kappa shape index (κ2) is 7.39. The monoisotopic (exact) mass is 392 g/mol. The Hall–Kier alpha value is -1.89. The van der Waals surface area contributed by atoms with E-state index in [9.17, 15) is 0 Å². The minimum atomic E-state index is 0.139. The molecule has 138 valence electrons. The first-order valence-corrected chi connectivity index (χ1v) is 9.20. The van der Waals surface area contributed by atoms with E-state index in [0.29, 0.717) is 27.8 Å². The first-order chi connectivity index (χ1) is 12.3. The van der Waals surface area contributed by atoms with E-state index in [-0.39, 0.29) is 16.9 Å². The molecule has 1 aromatic heterocycles. The molecule has 8 heteroatoms. The molecule has 6 nitrogen and oxygen atoms in total. The third-order valence-electron chi connectivity index (χ3n) is 4.96. The van der Waals surface area contributed by atoms with Gasteiger partial charge in [0.05, 0.1) is 11.9 Å². The number of halogens is 2. The summed E-state index contributed by atoms with van der Waals surface area (Å²) < 4.78 is 0. The van der Waals surface area contributed by atoms with Gasteiger partial charge in [-0.1, -0.05) is 30.1 Å². The fourth-order valence-corrected chi connectivity index (χ4v) is 3.58. The van der Waals surface area contributed by atoms with Gasteiger partial charge in [-0.2, -0.15) is 0 Å². The Balaban J connectivity index is 1.81. The number of piperidine rings is 1. The molecular weight excluding hydrogens is 371 g/mol. The largest absolute Gasteiger partial charge is 0.382 e. The summed E-state index contributed by atoms with van der Waals surface area (Å²) in [6.07, 6.45) is 3.67. The van der Waals surface area contributed by atoms with Crippen LogP contribution in [0.4, 0.5) is 11.6 Å². The molecule has 0 radical (unpaired) electrons. The van der Waals surface area contributed by atoms with Crippen LogP contribution in [-0.4, -0.2) is 35.3 Å². The second-order valence-corrected chi connectivity index (χ2v) is 7.87. The Kier molecular flexibility index (Phi) is 5.37. The molecule has 1 aliphatic heterocycles. The fourth-order valence-electron chi connectivity index (χ4n) is 3.05. The molecule has 0 saturated carbocycles. The molecule has 3 rings (SSSR count). The Morgan fingerprint density at radius 2 is 1.85 bits per heavy atom. The van der Waals surface area contributed by atoms with Crippen LogP contribution in [0.15, 0.2) is 24.4 Å². The molecule has 0 amide bonds. The van der Waals surface area contributed by atoms with Crippen LogP contribution < -0.4 is 16.4 Å². The Labute approximate surface area is 163 Å². The van der Waals surface area contributed by atoms with E-state index in [4.69, 9.17) is 40.1 Å². The number of hydrogen-bond donors (Lipinski definition) is 3. The van der Waals surface area contributed by atoms with E-state index in [2.05, 4.69) is 21.8 Å². The molecule has 0 unspecified atom stereocenters. The molecule has 0 spiro atoms. The van der Waals surface area contributed by atoms with Crippen LogP contribution in [0.1, 0.15) is 31.0 Å². The first kappa shape index (κ1) is 18.9. The average Bonchev–Trinajstić information content (AvgIpc) is 2.61. The van der Waals surface area contributed by atoms with Crippen LogP contribution >= 0.6 is 23.2 Å². The number of hydrogen-bond acceptors (Lipinski definition) is 6.